The van der Waals surface area contributed by atoms with Crippen molar-refractivity contribution in [3.63, 3.8) is 0 Å². The highest BCUT2D eigenvalue weighted by Crippen LogP contribution is 2.13. The number of pyridine rings is 1. The lowest BCUT2D eigenvalue weighted by molar-refractivity contribution is -0.120. The standard InChI is InChI=1S/C17H27N3O3/c1-6-12(7-2)15(21)18-14-10-13(11-19(5)17(14)23)16(22)20(8-3)9-4/h10-12H,6-9H2,1-5H3,(H,18,21). The van der Waals surface area contributed by atoms with Gasteiger partial charge in [-0.25, -0.2) is 0 Å². The van der Waals surface area contributed by atoms with Gasteiger partial charge in [0.2, 0.25) is 5.91 Å². The Hall–Kier alpha value is -2.11. The van der Waals surface area contributed by atoms with E-state index in [1.54, 1.807) is 11.9 Å². The minimum atomic E-state index is -0.319. The second-order valence-corrected chi connectivity index (χ2v) is 5.54. The summed E-state index contributed by atoms with van der Waals surface area (Å²) in [6.45, 7) is 8.86. The predicted octanol–water partition coefficient (Wildman–Crippen LogP) is 2.24. The van der Waals surface area contributed by atoms with Crippen molar-refractivity contribution in [2.45, 2.75) is 40.5 Å². The molecule has 0 aliphatic carbocycles. The number of amides is 2. The van der Waals surface area contributed by atoms with Crippen LogP contribution in [0.25, 0.3) is 0 Å². The van der Waals surface area contributed by atoms with Crippen LogP contribution in [-0.2, 0) is 11.8 Å². The van der Waals surface area contributed by atoms with Gasteiger partial charge in [-0.2, -0.15) is 0 Å². The molecule has 0 spiro atoms. The molecule has 0 atom stereocenters. The van der Waals surface area contributed by atoms with Crippen LogP contribution in [0.2, 0.25) is 0 Å². The van der Waals surface area contributed by atoms with Crippen molar-refractivity contribution in [1.29, 1.82) is 0 Å². The van der Waals surface area contributed by atoms with Gasteiger partial charge < -0.3 is 14.8 Å². The van der Waals surface area contributed by atoms with Crippen LogP contribution in [0, 0.1) is 5.92 Å². The summed E-state index contributed by atoms with van der Waals surface area (Å²) in [7, 11) is 1.58. The molecule has 1 heterocycles. The van der Waals surface area contributed by atoms with Gasteiger partial charge in [0, 0.05) is 32.3 Å². The monoisotopic (exact) mass is 321 g/mol. The van der Waals surface area contributed by atoms with Gasteiger partial charge in [-0.05, 0) is 32.8 Å². The number of nitrogens with zero attached hydrogens (tertiary/aromatic N) is 2. The molecular weight excluding hydrogens is 294 g/mol. The fourth-order valence-corrected chi connectivity index (χ4v) is 2.51. The number of rotatable bonds is 7. The lowest BCUT2D eigenvalue weighted by atomic mass is 10.0. The Morgan fingerprint density at radius 1 is 1.17 bits per heavy atom. The summed E-state index contributed by atoms with van der Waals surface area (Å²) >= 11 is 0. The van der Waals surface area contributed by atoms with Crippen LogP contribution in [0.15, 0.2) is 17.1 Å². The van der Waals surface area contributed by atoms with E-state index in [0.29, 0.717) is 31.5 Å². The van der Waals surface area contributed by atoms with Gasteiger partial charge in [-0.1, -0.05) is 13.8 Å². The molecule has 0 aromatic carbocycles. The second kappa shape index (κ2) is 8.50. The molecule has 0 bridgehead atoms. The number of hydrogen-bond donors (Lipinski definition) is 1. The highest BCUT2D eigenvalue weighted by Gasteiger charge is 2.19. The van der Waals surface area contributed by atoms with Crippen molar-refractivity contribution >= 4 is 17.5 Å². The van der Waals surface area contributed by atoms with Gasteiger partial charge in [0.25, 0.3) is 11.5 Å². The number of hydrogen-bond acceptors (Lipinski definition) is 3. The summed E-state index contributed by atoms with van der Waals surface area (Å²) in [4.78, 5) is 38.5. The van der Waals surface area contributed by atoms with Gasteiger partial charge in [-0.3, -0.25) is 14.4 Å². The Bertz CT molecular complexity index is 614. The average Bonchev–Trinajstić information content (AvgIpc) is 2.53. The normalized spacial score (nSPS) is 10.7. The number of anilines is 1. The van der Waals surface area contributed by atoms with Gasteiger partial charge in [-0.15, -0.1) is 0 Å². The van der Waals surface area contributed by atoms with E-state index in [9.17, 15) is 14.4 Å². The summed E-state index contributed by atoms with van der Waals surface area (Å²) < 4.78 is 1.33. The Morgan fingerprint density at radius 2 is 1.74 bits per heavy atom. The average molecular weight is 321 g/mol. The molecule has 0 saturated carbocycles. The van der Waals surface area contributed by atoms with Gasteiger partial charge in [0.05, 0.1) is 5.56 Å². The first-order valence-electron chi connectivity index (χ1n) is 8.20. The quantitative estimate of drug-likeness (QED) is 0.837. The van der Waals surface area contributed by atoms with Crippen LogP contribution in [0.5, 0.6) is 0 Å². The fourth-order valence-electron chi connectivity index (χ4n) is 2.51. The zero-order valence-electron chi connectivity index (χ0n) is 14.7. The maximum Gasteiger partial charge on any atom is 0.274 e. The van der Waals surface area contributed by atoms with E-state index in [1.807, 2.05) is 27.7 Å². The smallest absolute Gasteiger partial charge is 0.274 e. The Labute approximate surface area is 137 Å². The minimum absolute atomic E-state index is 0.137. The van der Waals surface area contributed by atoms with Crippen LogP contribution in [0.4, 0.5) is 5.69 Å². The van der Waals surface area contributed by atoms with Gasteiger partial charge in [0.15, 0.2) is 0 Å². The van der Waals surface area contributed by atoms with E-state index in [1.165, 1.54) is 16.8 Å². The van der Waals surface area contributed by atoms with E-state index in [0.717, 1.165) is 0 Å². The maximum atomic E-state index is 12.5. The predicted molar refractivity (Wildman–Crippen MR) is 91.6 cm³/mol. The molecule has 6 heteroatoms. The summed E-state index contributed by atoms with van der Waals surface area (Å²) in [6.07, 6.45) is 2.93. The molecule has 128 valence electrons. The topological polar surface area (TPSA) is 71.4 Å². The molecule has 0 aliphatic rings. The first kappa shape index (κ1) is 18.9. The summed E-state index contributed by atoms with van der Waals surface area (Å²) in [5.41, 5.74) is 0.235. The molecule has 1 N–H and O–H groups in total. The molecule has 2 amide bonds. The third kappa shape index (κ3) is 4.43. The molecular formula is C17H27N3O3. The van der Waals surface area contributed by atoms with Crippen molar-refractivity contribution in [2.75, 3.05) is 18.4 Å². The van der Waals surface area contributed by atoms with E-state index in [-0.39, 0.29) is 29.0 Å². The van der Waals surface area contributed by atoms with E-state index in [4.69, 9.17) is 0 Å². The first-order valence-corrected chi connectivity index (χ1v) is 8.20. The highest BCUT2D eigenvalue weighted by atomic mass is 16.2. The number of aryl methyl sites for hydroxylation is 1. The lowest BCUT2D eigenvalue weighted by Gasteiger charge is -2.20. The third-order valence-electron chi connectivity index (χ3n) is 4.10. The van der Waals surface area contributed by atoms with E-state index in [2.05, 4.69) is 5.32 Å². The van der Waals surface area contributed by atoms with Crippen LogP contribution in [0.1, 0.15) is 50.9 Å². The molecule has 1 rings (SSSR count). The van der Waals surface area contributed by atoms with Crippen LogP contribution in [0.3, 0.4) is 0 Å². The number of nitrogens with one attached hydrogen (secondary N) is 1. The third-order valence-corrected chi connectivity index (χ3v) is 4.10. The molecule has 0 aliphatic heterocycles. The van der Waals surface area contributed by atoms with E-state index < -0.39 is 0 Å². The highest BCUT2D eigenvalue weighted by molar-refractivity contribution is 5.97. The van der Waals surface area contributed by atoms with Crippen molar-refractivity contribution in [3.05, 3.63) is 28.2 Å². The Kier molecular flexibility index (Phi) is 7.00. The Morgan fingerprint density at radius 3 is 2.22 bits per heavy atom. The molecule has 23 heavy (non-hydrogen) atoms. The minimum Gasteiger partial charge on any atom is -0.339 e. The van der Waals surface area contributed by atoms with Crippen molar-refractivity contribution < 1.29 is 9.59 Å². The maximum absolute atomic E-state index is 12.5. The molecule has 0 saturated heterocycles. The summed E-state index contributed by atoms with van der Waals surface area (Å²) in [6, 6.07) is 1.48. The van der Waals surface area contributed by atoms with Crippen molar-refractivity contribution in [3.8, 4) is 0 Å². The SMILES string of the molecule is CCC(CC)C(=O)Nc1cc(C(=O)N(CC)CC)cn(C)c1=O. The first-order chi connectivity index (χ1) is 10.9. The lowest BCUT2D eigenvalue weighted by Crippen LogP contribution is -2.33. The molecule has 0 unspecified atom stereocenters. The largest absolute Gasteiger partial charge is 0.339 e. The zero-order valence-corrected chi connectivity index (χ0v) is 14.7. The molecule has 1 aromatic heterocycles. The number of carbonyl (C=O) groups is 2. The van der Waals surface area contributed by atoms with Crippen LogP contribution < -0.4 is 10.9 Å². The van der Waals surface area contributed by atoms with Gasteiger partial charge >= 0.3 is 0 Å². The second-order valence-electron chi connectivity index (χ2n) is 5.54. The molecule has 6 nitrogen and oxygen atoms in total. The Balaban J connectivity index is 3.17. The van der Waals surface area contributed by atoms with Crippen molar-refractivity contribution in [2.24, 2.45) is 13.0 Å². The fraction of sp³-hybridized carbons (Fsp3) is 0.588. The zero-order chi connectivity index (χ0) is 17.6. The summed E-state index contributed by atoms with van der Waals surface area (Å²) in [5, 5.41) is 2.68. The van der Waals surface area contributed by atoms with Crippen LogP contribution >= 0.6 is 0 Å². The van der Waals surface area contributed by atoms with Gasteiger partial charge in [0.1, 0.15) is 5.69 Å². The number of aromatic nitrogens is 1. The van der Waals surface area contributed by atoms with E-state index >= 15 is 0 Å². The summed E-state index contributed by atoms with van der Waals surface area (Å²) in [5.74, 6) is -0.468. The number of carbonyl (C=O) groups excluding carboxylic acids is 2. The molecule has 0 fully saturated rings. The molecule has 1 aromatic rings. The molecule has 0 radical (unpaired) electrons. The van der Waals surface area contributed by atoms with Crippen LogP contribution in [-0.4, -0.2) is 34.4 Å². The van der Waals surface area contributed by atoms with Crippen molar-refractivity contribution in [1.82, 2.24) is 9.47 Å².